The van der Waals surface area contributed by atoms with Gasteiger partial charge in [0.1, 0.15) is 6.04 Å². The van der Waals surface area contributed by atoms with Crippen molar-refractivity contribution in [1.82, 2.24) is 10.2 Å². The number of methoxy groups -OCH3 is 1. The maximum Gasteiger partial charge on any atom is 0.322 e. The lowest BCUT2D eigenvalue weighted by atomic mass is 10.0. The van der Waals surface area contributed by atoms with Gasteiger partial charge in [-0.2, -0.15) is 0 Å². The summed E-state index contributed by atoms with van der Waals surface area (Å²) >= 11 is 0. The standard InChI is InChI=1S/C15H30N2O2/c1-4-6-7-14(15(18)19-3)16-13-8-11-17(10-5-2)12-9-13/h13-14,16H,4-12H2,1-3H3. The second-order valence-electron chi connectivity index (χ2n) is 5.50. The minimum atomic E-state index is -0.118. The number of piperidine rings is 1. The van der Waals surface area contributed by atoms with E-state index in [9.17, 15) is 4.79 Å². The third-order valence-electron chi connectivity index (χ3n) is 3.90. The van der Waals surface area contributed by atoms with Gasteiger partial charge in [0.05, 0.1) is 7.11 Å². The van der Waals surface area contributed by atoms with Crippen LogP contribution in [0.2, 0.25) is 0 Å². The van der Waals surface area contributed by atoms with Crippen molar-refractivity contribution < 1.29 is 9.53 Å². The molecule has 4 heteroatoms. The summed E-state index contributed by atoms with van der Waals surface area (Å²) < 4.78 is 4.90. The van der Waals surface area contributed by atoms with Crippen molar-refractivity contribution in [3.05, 3.63) is 0 Å². The number of ether oxygens (including phenoxy) is 1. The largest absolute Gasteiger partial charge is 0.468 e. The first-order valence-corrected chi connectivity index (χ1v) is 7.77. The molecule has 112 valence electrons. The molecule has 1 atom stereocenters. The van der Waals surface area contributed by atoms with Crippen LogP contribution in [0.25, 0.3) is 0 Å². The number of unbranched alkanes of at least 4 members (excludes halogenated alkanes) is 1. The molecule has 1 rings (SSSR count). The summed E-state index contributed by atoms with van der Waals surface area (Å²) in [6, 6.07) is 0.349. The number of likely N-dealkylation sites (tertiary alicyclic amines) is 1. The predicted molar refractivity (Wildman–Crippen MR) is 78.2 cm³/mol. The highest BCUT2D eigenvalue weighted by Crippen LogP contribution is 2.13. The number of nitrogens with one attached hydrogen (secondary N) is 1. The molecule has 0 spiro atoms. The Kier molecular flexibility index (Phi) is 8.07. The van der Waals surface area contributed by atoms with Crippen molar-refractivity contribution in [3.63, 3.8) is 0 Å². The van der Waals surface area contributed by atoms with Gasteiger partial charge >= 0.3 is 5.97 Å². The third-order valence-corrected chi connectivity index (χ3v) is 3.90. The lowest BCUT2D eigenvalue weighted by Crippen LogP contribution is -2.49. The number of hydrogen-bond acceptors (Lipinski definition) is 4. The molecule has 1 aliphatic rings. The van der Waals surface area contributed by atoms with E-state index in [0.717, 1.165) is 45.2 Å². The summed E-state index contributed by atoms with van der Waals surface area (Å²) in [5.41, 5.74) is 0. The molecule has 0 amide bonds. The van der Waals surface area contributed by atoms with E-state index in [4.69, 9.17) is 4.74 Å². The minimum Gasteiger partial charge on any atom is -0.468 e. The van der Waals surface area contributed by atoms with Crippen LogP contribution in [0.3, 0.4) is 0 Å². The SMILES string of the molecule is CCCCC(NC1CCN(CCC)CC1)C(=O)OC. The van der Waals surface area contributed by atoms with Crippen LogP contribution in [0.15, 0.2) is 0 Å². The van der Waals surface area contributed by atoms with Crippen molar-refractivity contribution >= 4 is 5.97 Å². The van der Waals surface area contributed by atoms with E-state index in [0.29, 0.717) is 6.04 Å². The Hall–Kier alpha value is -0.610. The number of carbonyl (C=O) groups excluding carboxylic acids is 1. The van der Waals surface area contributed by atoms with Gasteiger partial charge in [-0.3, -0.25) is 4.79 Å². The highest BCUT2D eigenvalue weighted by molar-refractivity contribution is 5.75. The molecular formula is C15H30N2O2. The number of esters is 1. The molecule has 0 radical (unpaired) electrons. The lowest BCUT2D eigenvalue weighted by Gasteiger charge is -2.33. The maximum absolute atomic E-state index is 11.8. The van der Waals surface area contributed by atoms with E-state index >= 15 is 0 Å². The average molecular weight is 270 g/mol. The van der Waals surface area contributed by atoms with Crippen LogP contribution in [-0.4, -0.2) is 49.7 Å². The van der Waals surface area contributed by atoms with Crippen molar-refractivity contribution in [2.75, 3.05) is 26.7 Å². The molecule has 0 aromatic carbocycles. The van der Waals surface area contributed by atoms with Crippen LogP contribution in [0.1, 0.15) is 52.4 Å². The smallest absolute Gasteiger partial charge is 0.322 e. The topological polar surface area (TPSA) is 41.6 Å². The van der Waals surface area contributed by atoms with Crippen molar-refractivity contribution in [1.29, 1.82) is 0 Å². The number of hydrogen-bond donors (Lipinski definition) is 1. The monoisotopic (exact) mass is 270 g/mol. The molecule has 1 unspecified atom stereocenters. The highest BCUT2D eigenvalue weighted by atomic mass is 16.5. The summed E-state index contributed by atoms with van der Waals surface area (Å²) in [5, 5.41) is 3.50. The van der Waals surface area contributed by atoms with E-state index in [1.807, 2.05) is 0 Å². The molecule has 4 nitrogen and oxygen atoms in total. The molecule has 19 heavy (non-hydrogen) atoms. The van der Waals surface area contributed by atoms with Gasteiger partial charge in [-0.25, -0.2) is 0 Å². The molecular weight excluding hydrogens is 240 g/mol. The average Bonchev–Trinajstić information content (AvgIpc) is 2.44. The second-order valence-corrected chi connectivity index (χ2v) is 5.50. The Balaban J connectivity index is 2.36. The quantitative estimate of drug-likeness (QED) is 0.686. The van der Waals surface area contributed by atoms with E-state index in [1.54, 1.807) is 0 Å². The highest BCUT2D eigenvalue weighted by Gasteiger charge is 2.25. The number of carbonyl (C=O) groups is 1. The molecule has 0 aliphatic carbocycles. The third kappa shape index (κ3) is 5.91. The van der Waals surface area contributed by atoms with Crippen LogP contribution in [0.4, 0.5) is 0 Å². The van der Waals surface area contributed by atoms with Gasteiger partial charge < -0.3 is 15.0 Å². The Morgan fingerprint density at radius 1 is 1.32 bits per heavy atom. The zero-order chi connectivity index (χ0) is 14.1. The molecule has 1 N–H and O–H groups in total. The van der Waals surface area contributed by atoms with Gasteiger partial charge in [-0.1, -0.05) is 26.7 Å². The first kappa shape index (κ1) is 16.4. The minimum absolute atomic E-state index is 0.107. The fourth-order valence-corrected chi connectivity index (χ4v) is 2.74. The van der Waals surface area contributed by atoms with Gasteiger partial charge in [0.2, 0.25) is 0 Å². The van der Waals surface area contributed by atoms with E-state index in [-0.39, 0.29) is 12.0 Å². The van der Waals surface area contributed by atoms with Gasteiger partial charge in [-0.15, -0.1) is 0 Å². The summed E-state index contributed by atoms with van der Waals surface area (Å²) in [6.07, 6.45) is 6.57. The zero-order valence-corrected chi connectivity index (χ0v) is 12.8. The fraction of sp³-hybridized carbons (Fsp3) is 0.933. The molecule has 1 heterocycles. The molecule has 0 aromatic rings. The van der Waals surface area contributed by atoms with Crippen molar-refractivity contribution in [2.45, 2.75) is 64.5 Å². The van der Waals surface area contributed by atoms with E-state index < -0.39 is 0 Å². The maximum atomic E-state index is 11.8. The molecule has 1 fully saturated rings. The lowest BCUT2D eigenvalue weighted by molar-refractivity contribution is -0.143. The Labute approximate surface area is 117 Å². The summed E-state index contributed by atoms with van der Waals surface area (Å²) in [7, 11) is 1.48. The molecule has 1 aliphatic heterocycles. The zero-order valence-electron chi connectivity index (χ0n) is 12.8. The molecule has 1 saturated heterocycles. The first-order chi connectivity index (χ1) is 9.21. The van der Waals surface area contributed by atoms with Crippen LogP contribution in [-0.2, 0) is 9.53 Å². The van der Waals surface area contributed by atoms with E-state index in [2.05, 4.69) is 24.1 Å². The van der Waals surface area contributed by atoms with E-state index in [1.165, 1.54) is 20.1 Å². The van der Waals surface area contributed by atoms with Crippen LogP contribution in [0.5, 0.6) is 0 Å². The van der Waals surface area contributed by atoms with Gasteiger partial charge in [-0.05, 0) is 45.3 Å². The van der Waals surface area contributed by atoms with Crippen LogP contribution < -0.4 is 5.32 Å². The predicted octanol–water partition coefficient (Wildman–Crippen LogP) is 2.18. The molecule has 0 aromatic heterocycles. The Morgan fingerprint density at radius 3 is 2.53 bits per heavy atom. The van der Waals surface area contributed by atoms with Gasteiger partial charge in [0, 0.05) is 6.04 Å². The summed E-state index contributed by atoms with van der Waals surface area (Å²) in [6.45, 7) is 7.86. The van der Waals surface area contributed by atoms with Crippen LogP contribution in [0, 0.1) is 0 Å². The summed E-state index contributed by atoms with van der Waals surface area (Å²) in [5.74, 6) is -0.107. The van der Waals surface area contributed by atoms with Gasteiger partial charge in [0.15, 0.2) is 0 Å². The van der Waals surface area contributed by atoms with Gasteiger partial charge in [0.25, 0.3) is 0 Å². The Morgan fingerprint density at radius 2 is 2.00 bits per heavy atom. The molecule has 0 saturated carbocycles. The Bertz CT molecular complexity index is 251. The van der Waals surface area contributed by atoms with Crippen LogP contribution >= 0.6 is 0 Å². The van der Waals surface area contributed by atoms with Crippen molar-refractivity contribution in [2.24, 2.45) is 0 Å². The molecule has 0 bridgehead atoms. The van der Waals surface area contributed by atoms with Crippen molar-refractivity contribution in [3.8, 4) is 0 Å². The normalized spacial score (nSPS) is 19.3. The fourth-order valence-electron chi connectivity index (χ4n) is 2.74. The second kappa shape index (κ2) is 9.32. The number of nitrogens with zero attached hydrogens (tertiary/aromatic N) is 1. The first-order valence-electron chi connectivity index (χ1n) is 7.77. The number of rotatable bonds is 8. The summed E-state index contributed by atoms with van der Waals surface area (Å²) in [4.78, 5) is 14.3.